The summed E-state index contributed by atoms with van der Waals surface area (Å²) in [7, 11) is 0. The minimum absolute atomic E-state index is 0.000497. The zero-order valence-corrected chi connectivity index (χ0v) is 20.9. The summed E-state index contributed by atoms with van der Waals surface area (Å²) in [6.45, 7) is 2.97. The van der Waals surface area contributed by atoms with Crippen LogP contribution >= 0.6 is 0 Å². The number of rotatable bonds is 4. The van der Waals surface area contributed by atoms with Gasteiger partial charge in [-0.3, -0.25) is 19.3 Å². The van der Waals surface area contributed by atoms with Crippen molar-refractivity contribution >= 4 is 29.1 Å². The van der Waals surface area contributed by atoms with E-state index < -0.39 is 11.7 Å². The summed E-state index contributed by atoms with van der Waals surface area (Å²) in [6.07, 6.45) is -1.17. The van der Waals surface area contributed by atoms with Crippen molar-refractivity contribution in [2.75, 3.05) is 49.1 Å². The number of piperazine rings is 1. The Balaban J connectivity index is 1.12. The second kappa shape index (κ2) is 9.32. The highest BCUT2D eigenvalue weighted by atomic mass is 19.4. The largest absolute Gasteiger partial charge is 0.416 e. The third-order valence-corrected chi connectivity index (χ3v) is 8.08. The van der Waals surface area contributed by atoms with Crippen molar-refractivity contribution in [1.82, 2.24) is 9.80 Å². The number of halogens is 3. The van der Waals surface area contributed by atoms with E-state index in [0.717, 1.165) is 43.5 Å². The zero-order chi connectivity index (χ0) is 26.6. The van der Waals surface area contributed by atoms with Crippen LogP contribution in [-0.2, 0) is 11.0 Å². The Morgan fingerprint density at radius 3 is 2.29 bits per heavy atom. The number of hydrogen-bond acceptors (Lipinski definition) is 5. The van der Waals surface area contributed by atoms with Gasteiger partial charge in [0.2, 0.25) is 5.91 Å². The van der Waals surface area contributed by atoms with E-state index in [1.54, 1.807) is 23.1 Å². The van der Waals surface area contributed by atoms with Gasteiger partial charge in [-0.1, -0.05) is 12.1 Å². The molecule has 1 aliphatic carbocycles. The van der Waals surface area contributed by atoms with Crippen LogP contribution in [0.25, 0.3) is 0 Å². The fourth-order valence-corrected chi connectivity index (χ4v) is 5.93. The molecule has 2 aromatic carbocycles. The number of carbonyl (C=O) groups excluding carboxylic acids is 3. The smallest absolute Gasteiger partial charge is 0.370 e. The number of imide groups is 1. The van der Waals surface area contributed by atoms with Gasteiger partial charge < -0.3 is 14.7 Å². The maximum atomic E-state index is 13.5. The molecule has 3 fully saturated rings. The van der Waals surface area contributed by atoms with Gasteiger partial charge in [0.1, 0.15) is 0 Å². The highest BCUT2D eigenvalue weighted by Crippen LogP contribution is 2.39. The summed E-state index contributed by atoms with van der Waals surface area (Å²) in [5, 5.41) is 0. The van der Waals surface area contributed by atoms with Gasteiger partial charge >= 0.3 is 6.18 Å². The molecule has 10 heteroatoms. The van der Waals surface area contributed by atoms with Gasteiger partial charge in [-0.25, -0.2) is 0 Å². The summed E-state index contributed by atoms with van der Waals surface area (Å²) in [4.78, 5) is 46.6. The first kappa shape index (κ1) is 24.8. The molecule has 2 saturated heterocycles. The van der Waals surface area contributed by atoms with Gasteiger partial charge in [0.25, 0.3) is 11.8 Å². The van der Waals surface area contributed by atoms with Gasteiger partial charge in [-0.05, 0) is 56.0 Å². The molecule has 1 atom stereocenters. The van der Waals surface area contributed by atoms with Gasteiger partial charge in [-0.15, -0.1) is 0 Å². The number of alkyl halides is 3. The maximum absolute atomic E-state index is 13.5. The molecular weight excluding hydrogens is 497 g/mol. The van der Waals surface area contributed by atoms with Crippen LogP contribution < -0.4 is 9.80 Å². The normalized spacial score (nSPS) is 22.2. The summed E-state index contributed by atoms with van der Waals surface area (Å²) in [6, 6.07) is 10.7. The minimum atomic E-state index is -4.40. The second-order valence-corrected chi connectivity index (χ2v) is 10.6. The third-order valence-electron chi connectivity index (χ3n) is 8.08. The van der Waals surface area contributed by atoms with Crippen LogP contribution in [0.2, 0.25) is 0 Å². The van der Waals surface area contributed by atoms with Crippen LogP contribution in [0.4, 0.5) is 24.5 Å². The molecule has 6 rings (SSSR count). The van der Waals surface area contributed by atoms with Gasteiger partial charge in [-0.2, -0.15) is 13.2 Å². The van der Waals surface area contributed by atoms with Crippen molar-refractivity contribution in [1.29, 1.82) is 0 Å². The first-order valence-corrected chi connectivity index (χ1v) is 13.2. The number of amides is 3. The Labute approximate surface area is 218 Å². The Hall–Kier alpha value is -3.56. The molecule has 7 nitrogen and oxygen atoms in total. The molecule has 0 N–H and O–H groups in total. The molecule has 200 valence electrons. The molecule has 0 spiro atoms. The number of piperidine rings is 1. The lowest BCUT2D eigenvalue weighted by atomic mass is 9.94. The number of fused-ring (bicyclic) bond motifs is 1. The van der Waals surface area contributed by atoms with Crippen molar-refractivity contribution in [3.63, 3.8) is 0 Å². The molecule has 0 radical (unpaired) electrons. The van der Waals surface area contributed by atoms with Crippen LogP contribution in [0.1, 0.15) is 52.0 Å². The zero-order valence-electron chi connectivity index (χ0n) is 20.9. The van der Waals surface area contributed by atoms with Crippen molar-refractivity contribution in [3.8, 4) is 0 Å². The maximum Gasteiger partial charge on any atom is 0.416 e. The van der Waals surface area contributed by atoms with Gasteiger partial charge in [0.15, 0.2) is 0 Å². The van der Waals surface area contributed by atoms with E-state index in [0.29, 0.717) is 56.1 Å². The number of anilines is 2. The molecule has 0 unspecified atom stereocenters. The van der Waals surface area contributed by atoms with Crippen molar-refractivity contribution < 1.29 is 27.6 Å². The van der Waals surface area contributed by atoms with E-state index in [4.69, 9.17) is 0 Å². The molecular formula is C28H29F3N4O3. The van der Waals surface area contributed by atoms with Crippen LogP contribution in [0.3, 0.4) is 0 Å². The lowest BCUT2D eigenvalue weighted by Gasteiger charge is -2.40. The quantitative estimate of drug-likeness (QED) is 0.563. The molecule has 3 heterocycles. The highest BCUT2D eigenvalue weighted by molar-refractivity contribution is 6.24. The number of benzene rings is 2. The van der Waals surface area contributed by atoms with E-state index in [1.165, 1.54) is 11.0 Å². The van der Waals surface area contributed by atoms with E-state index in [1.807, 2.05) is 11.0 Å². The second-order valence-electron chi connectivity index (χ2n) is 10.6. The van der Waals surface area contributed by atoms with Crippen molar-refractivity contribution in [2.24, 2.45) is 5.92 Å². The topological polar surface area (TPSA) is 64.2 Å². The molecule has 0 bridgehead atoms. The number of nitrogens with zero attached hydrogens (tertiary/aromatic N) is 4. The molecule has 3 aliphatic heterocycles. The molecule has 0 aromatic heterocycles. The Morgan fingerprint density at radius 1 is 0.842 bits per heavy atom. The fraction of sp³-hybridized carbons (Fsp3) is 0.464. The van der Waals surface area contributed by atoms with Crippen LogP contribution in [-0.4, -0.2) is 72.8 Å². The lowest BCUT2D eigenvalue weighted by molar-refractivity contribution is -0.137. The Morgan fingerprint density at radius 2 is 1.58 bits per heavy atom. The molecule has 2 aromatic rings. The number of hydrogen-bond donors (Lipinski definition) is 0. The van der Waals surface area contributed by atoms with Crippen molar-refractivity contribution in [2.45, 2.75) is 37.9 Å². The standard InChI is InChI=1S/C28H29F3N4O3/c29-28(30,31)19-5-1-6-21(16-19)32-12-14-33(15-13-32)25(36)18-4-3-11-34(17-18)23-8-2-7-22-24(23)27(38)35(26(22)37)20-9-10-20/h1-2,5-8,16,18,20H,3-4,9-15,17H2/t18-/m0/s1. The van der Waals surface area contributed by atoms with Crippen molar-refractivity contribution in [3.05, 3.63) is 59.2 Å². The lowest BCUT2D eigenvalue weighted by Crippen LogP contribution is -2.52. The average Bonchev–Trinajstić information content (AvgIpc) is 3.73. The first-order valence-electron chi connectivity index (χ1n) is 13.2. The predicted molar refractivity (Wildman–Crippen MR) is 135 cm³/mol. The molecule has 1 saturated carbocycles. The fourth-order valence-electron chi connectivity index (χ4n) is 5.93. The van der Waals surface area contributed by atoms with Crippen LogP contribution in [0.5, 0.6) is 0 Å². The number of carbonyl (C=O) groups is 3. The molecule has 3 amide bonds. The van der Waals surface area contributed by atoms with Crippen LogP contribution in [0, 0.1) is 5.92 Å². The summed E-state index contributed by atoms with van der Waals surface area (Å²) >= 11 is 0. The minimum Gasteiger partial charge on any atom is -0.370 e. The monoisotopic (exact) mass is 526 g/mol. The van der Waals surface area contributed by atoms with E-state index in [2.05, 4.69) is 4.90 Å². The van der Waals surface area contributed by atoms with Gasteiger partial charge in [0, 0.05) is 51.0 Å². The molecule has 38 heavy (non-hydrogen) atoms. The van der Waals surface area contributed by atoms with E-state index >= 15 is 0 Å². The highest BCUT2D eigenvalue weighted by Gasteiger charge is 2.46. The van der Waals surface area contributed by atoms with Gasteiger partial charge in [0.05, 0.1) is 28.3 Å². The Kier molecular flexibility index (Phi) is 6.07. The Bertz CT molecular complexity index is 1280. The first-order chi connectivity index (χ1) is 18.2. The summed E-state index contributed by atoms with van der Waals surface area (Å²) < 4.78 is 39.4. The van der Waals surface area contributed by atoms with Crippen LogP contribution in [0.15, 0.2) is 42.5 Å². The predicted octanol–water partition coefficient (Wildman–Crippen LogP) is 4.03. The molecule has 4 aliphatic rings. The average molecular weight is 527 g/mol. The SMILES string of the molecule is O=C([C@H]1CCCN(c2cccc3c2C(=O)N(C2CC2)C3=O)C1)N1CCN(c2cccc(C(F)(F)F)c2)CC1. The summed E-state index contributed by atoms with van der Waals surface area (Å²) in [5.74, 6) is -0.667. The third kappa shape index (κ3) is 4.39. The van der Waals surface area contributed by atoms with E-state index in [9.17, 15) is 27.6 Å². The summed E-state index contributed by atoms with van der Waals surface area (Å²) in [5.41, 5.74) is 1.44. The van der Waals surface area contributed by atoms with E-state index in [-0.39, 0.29) is 29.7 Å².